The lowest BCUT2D eigenvalue weighted by Gasteiger charge is -2.34. The van der Waals surface area contributed by atoms with Gasteiger partial charge in [0.05, 0.1) is 17.8 Å². The van der Waals surface area contributed by atoms with Crippen molar-refractivity contribution < 1.29 is 14.4 Å². The number of benzene rings is 2. The predicted octanol–water partition coefficient (Wildman–Crippen LogP) is 3.38. The molecule has 0 radical (unpaired) electrons. The molecule has 1 saturated heterocycles. The van der Waals surface area contributed by atoms with Gasteiger partial charge >= 0.3 is 0 Å². The number of nitrogens with zero attached hydrogens (tertiary/aromatic N) is 1. The van der Waals surface area contributed by atoms with Crippen molar-refractivity contribution in [3.8, 4) is 0 Å². The number of piperidine rings is 1. The van der Waals surface area contributed by atoms with Crippen LogP contribution in [0.3, 0.4) is 0 Å². The van der Waals surface area contributed by atoms with E-state index in [9.17, 15) is 14.4 Å². The number of nitrogens with one attached hydrogen (secondary N) is 1. The number of rotatable bonds is 3. The molecule has 1 fully saturated rings. The second-order valence-corrected chi connectivity index (χ2v) is 8.12. The summed E-state index contributed by atoms with van der Waals surface area (Å²) in [7, 11) is 0. The van der Waals surface area contributed by atoms with Crippen molar-refractivity contribution in [2.45, 2.75) is 20.3 Å². The Bertz CT molecular complexity index is 956. The van der Waals surface area contributed by atoms with Crippen LogP contribution >= 0.6 is 0 Å². The second kappa shape index (κ2) is 7.32. The third-order valence-electron chi connectivity index (χ3n) is 5.54. The Hall–Kier alpha value is -2.79. The molecule has 28 heavy (non-hydrogen) atoms. The van der Waals surface area contributed by atoms with Crippen LogP contribution in [0.1, 0.15) is 52.1 Å². The van der Waals surface area contributed by atoms with E-state index in [2.05, 4.69) is 24.1 Å². The van der Waals surface area contributed by atoms with E-state index in [1.807, 2.05) is 0 Å². The Morgan fingerprint density at radius 1 is 0.929 bits per heavy atom. The molecule has 1 amide bonds. The molecule has 144 valence electrons. The largest absolute Gasteiger partial charge is 0.324 e. The third-order valence-corrected chi connectivity index (χ3v) is 5.54. The van der Waals surface area contributed by atoms with Gasteiger partial charge in [0.15, 0.2) is 11.6 Å². The lowest BCUT2D eigenvalue weighted by molar-refractivity contribution is -0.117. The zero-order valence-electron chi connectivity index (χ0n) is 16.2. The highest BCUT2D eigenvalue weighted by Crippen LogP contribution is 2.32. The number of carbonyl (C=O) groups excluding carboxylic acids is 3. The van der Waals surface area contributed by atoms with Gasteiger partial charge in [0.2, 0.25) is 5.91 Å². The Balaban J connectivity index is 1.58. The normalized spacial score (nSPS) is 21.8. The van der Waals surface area contributed by atoms with Gasteiger partial charge in [-0.2, -0.15) is 0 Å². The Morgan fingerprint density at radius 2 is 1.54 bits per heavy atom. The Labute approximate surface area is 164 Å². The number of likely N-dealkylation sites (tertiary alicyclic amines) is 1. The summed E-state index contributed by atoms with van der Waals surface area (Å²) in [5.74, 6) is 0.573. The maximum atomic E-state index is 13.0. The van der Waals surface area contributed by atoms with Crippen LogP contribution in [-0.4, -0.2) is 42.0 Å². The molecular weight excluding hydrogens is 352 g/mol. The maximum Gasteiger partial charge on any atom is 0.238 e. The summed E-state index contributed by atoms with van der Waals surface area (Å²) in [6.07, 6.45) is 1.18. The molecule has 2 aliphatic rings. The van der Waals surface area contributed by atoms with E-state index in [1.165, 1.54) is 6.42 Å². The molecule has 0 saturated carbocycles. The highest BCUT2D eigenvalue weighted by molar-refractivity contribution is 6.30. The van der Waals surface area contributed by atoms with Crippen LogP contribution in [0.15, 0.2) is 42.5 Å². The van der Waals surface area contributed by atoms with E-state index in [-0.39, 0.29) is 24.0 Å². The molecule has 0 aromatic heterocycles. The summed E-state index contributed by atoms with van der Waals surface area (Å²) in [5, 5.41) is 2.88. The van der Waals surface area contributed by atoms with E-state index in [1.54, 1.807) is 42.5 Å². The average molecular weight is 376 g/mol. The number of carbonyl (C=O) groups is 3. The van der Waals surface area contributed by atoms with Gasteiger partial charge in [0, 0.05) is 29.8 Å². The van der Waals surface area contributed by atoms with Crippen LogP contribution in [-0.2, 0) is 4.79 Å². The van der Waals surface area contributed by atoms with Gasteiger partial charge in [-0.1, -0.05) is 50.2 Å². The first kappa shape index (κ1) is 18.6. The van der Waals surface area contributed by atoms with Crippen LogP contribution in [0.25, 0.3) is 0 Å². The lowest BCUT2D eigenvalue weighted by atomic mass is 9.83. The molecular formula is C23H24N2O3. The number of anilines is 1. The summed E-state index contributed by atoms with van der Waals surface area (Å²) >= 11 is 0. The van der Waals surface area contributed by atoms with E-state index in [0.29, 0.717) is 39.8 Å². The van der Waals surface area contributed by atoms with Crippen molar-refractivity contribution in [2.75, 3.05) is 25.0 Å². The van der Waals surface area contributed by atoms with E-state index in [0.717, 1.165) is 13.1 Å². The van der Waals surface area contributed by atoms with Crippen molar-refractivity contribution >= 4 is 23.2 Å². The molecule has 0 unspecified atom stereocenters. The molecule has 1 heterocycles. The topological polar surface area (TPSA) is 66.5 Å². The molecule has 0 spiro atoms. The fourth-order valence-corrected chi connectivity index (χ4v) is 4.56. The zero-order valence-corrected chi connectivity index (χ0v) is 16.2. The number of amides is 1. The monoisotopic (exact) mass is 376 g/mol. The summed E-state index contributed by atoms with van der Waals surface area (Å²) in [6.45, 7) is 6.49. The van der Waals surface area contributed by atoms with Gasteiger partial charge in [-0.15, -0.1) is 0 Å². The highest BCUT2D eigenvalue weighted by atomic mass is 16.2. The lowest BCUT2D eigenvalue weighted by Crippen LogP contribution is -2.43. The second-order valence-electron chi connectivity index (χ2n) is 8.12. The van der Waals surface area contributed by atoms with Gasteiger partial charge in [-0.05, 0) is 24.3 Å². The first-order valence-electron chi connectivity index (χ1n) is 9.77. The predicted molar refractivity (Wildman–Crippen MR) is 108 cm³/mol. The number of hydrogen-bond acceptors (Lipinski definition) is 4. The van der Waals surface area contributed by atoms with E-state index >= 15 is 0 Å². The summed E-state index contributed by atoms with van der Waals surface area (Å²) in [4.78, 5) is 40.6. The van der Waals surface area contributed by atoms with Crippen molar-refractivity contribution in [3.63, 3.8) is 0 Å². The number of fused-ring (bicyclic) bond motifs is 2. The van der Waals surface area contributed by atoms with Crippen LogP contribution in [0.4, 0.5) is 5.69 Å². The first-order chi connectivity index (χ1) is 13.4. The molecule has 4 rings (SSSR count). The molecule has 5 nitrogen and oxygen atoms in total. The smallest absolute Gasteiger partial charge is 0.238 e. The van der Waals surface area contributed by atoms with Crippen LogP contribution in [0.2, 0.25) is 0 Å². The van der Waals surface area contributed by atoms with Crippen molar-refractivity contribution in [1.29, 1.82) is 0 Å². The average Bonchev–Trinajstić information content (AvgIpc) is 2.65. The molecule has 1 aliphatic carbocycles. The molecule has 1 N–H and O–H groups in total. The Morgan fingerprint density at radius 3 is 2.21 bits per heavy atom. The quantitative estimate of drug-likeness (QED) is 0.761. The molecule has 2 atom stereocenters. The van der Waals surface area contributed by atoms with Crippen molar-refractivity contribution in [2.24, 2.45) is 11.8 Å². The van der Waals surface area contributed by atoms with Crippen LogP contribution in [0.5, 0.6) is 0 Å². The number of ketones is 2. The molecule has 1 aliphatic heterocycles. The minimum atomic E-state index is -0.221. The van der Waals surface area contributed by atoms with Gasteiger partial charge in [-0.3, -0.25) is 19.3 Å². The van der Waals surface area contributed by atoms with Crippen LogP contribution < -0.4 is 5.32 Å². The van der Waals surface area contributed by atoms with Gasteiger partial charge < -0.3 is 5.32 Å². The zero-order chi connectivity index (χ0) is 19.8. The van der Waals surface area contributed by atoms with E-state index < -0.39 is 0 Å². The fraction of sp³-hybridized carbons (Fsp3) is 0.348. The minimum absolute atomic E-state index is 0.159. The highest BCUT2D eigenvalue weighted by Gasteiger charge is 2.32. The SMILES string of the molecule is C[C@H]1C[C@H](C)CN(CC(=O)Nc2cccc3c2C(=O)c2ccccc2C3=O)C1. The van der Waals surface area contributed by atoms with E-state index in [4.69, 9.17) is 0 Å². The minimum Gasteiger partial charge on any atom is -0.324 e. The molecule has 5 heteroatoms. The van der Waals surface area contributed by atoms with Gasteiger partial charge in [0.25, 0.3) is 0 Å². The standard InChI is InChI=1S/C23H24N2O3/c1-14-10-15(2)12-25(11-14)13-20(26)24-19-9-5-8-18-21(19)23(28)17-7-4-3-6-16(17)22(18)27/h3-9,14-15H,10-13H2,1-2H3,(H,24,26)/t14-,15-/m0/s1. The number of hydrogen-bond donors (Lipinski definition) is 1. The molecule has 2 aromatic carbocycles. The van der Waals surface area contributed by atoms with Gasteiger partial charge in [-0.25, -0.2) is 0 Å². The summed E-state index contributed by atoms with van der Waals surface area (Å²) in [6, 6.07) is 11.9. The van der Waals surface area contributed by atoms with Crippen molar-refractivity contribution in [1.82, 2.24) is 4.90 Å². The third kappa shape index (κ3) is 3.38. The Kier molecular flexibility index (Phi) is 4.85. The molecule has 2 aromatic rings. The summed E-state index contributed by atoms with van der Waals surface area (Å²) in [5.41, 5.74) is 1.86. The summed E-state index contributed by atoms with van der Waals surface area (Å²) < 4.78 is 0. The van der Waals surface area contributed by atoms with Crippen LogP contribution in [0, 0.1) is 11.8 Å². The first-order valence-corrected chi connectivity index (χ1v) is 9.77. The van der Waals surface area contributed by atoms with Gasteiger partial charge in [0.1, 0.15) is 0 Å². The molecule has 0 bridgehead atoms. The maximum absolute atomic E-state index is 13.0. The fourth-order valence-electron chi connectivity index (χ4n) is 4.56. The van der Waals surface area contributed by atoms with Crippen molar-refractivity contribution in [3.05, 3.63) is 64.7 Å².